The van der Waals surface area contributed by atoms with Crippen LogP contribution in [0.4, 0.5) is 0 Å². The Morgan fingerprint density at radius 1 is 1.55 bits per heavy atom. The first-order valence-corrected chi connectivity index (χ1v) is 4.05. The highest BCUT2D eigenvalue weighted by Gasteiger charge is 2.42. The minimum absolute atomic E-state index is 0.130. The van der Waals surface area contributed by atoms with Crippen molar-refractivity contribution in [3.8, 4) is 0 Å². The summed E-state index contributed by atoms with van der Waals surface area (Å²) >= 11 is 0. The van der Waals surface area contributed by atoms with Crippen LogP contribution in [0, 0.1) is 5.92 Å². The van der Waals surface area contributed by atoms with Gasteiger partial charge in [-0.3, -0.25) is 0 Å². The Kier molecular flexibility index (Phi) is 2.68. The van der Waals surface area contributed by atoms with E-state index >= 15 is 0 Å². The maximum atomic E-state index is 5.48. The van der Waals surface area contributed by atoms with Gasteiger partial charge in [0.1, 0.15) is 6.10 Å². The Labute approximate surface area is 68.2 Å². The average molecular weight is 157 g/mol. The summed E-state index contributed by atoms with van der Waals surface area (Å²) in [7, 11) is 1.70. The summed E-state index contributed by atoms with van der Waals surface area (Å²) in [6.45, 7) is 8.80. The van der Waals surface area contributed by atoms with Gasteiger partial charge in [-0.15, -0.1) is 0 Å². The highest BCUT2D eigenvalue weighted by Crippen LogP contribution is 2.36. The molecule has 3 atom stereocenters. The molecule has 1 aliphatic rings. The summed E-state index contributed by atoms with van der Waals surface area (Å²) in [5.74, 6) is 0.458. The highest BCUT2D eigenvalue weighted by molar-refractivity contribution is 5.22. The van der Waals surface area contributed by atoms with Crippen LogP contribution in [-0.2, 0) is 9.47 Å². The van der Waals surface area contributed by atoms with Crippen LogP contribution in [0.2, 0.25) is 0 Å². The van der Waals surface area contributed by atoms with Gasteiger partial charge in [-0.1, -0.05) is 13.5 Å². The first-order chi connectivity index (χ1) is 5.22. The molecule has 1 rings (SSSR count). The molecule has 2 nitrogen and oxygen atoms in total. The van der Waals surface area contributed by atoms with Crippen molar-refractivity contribution in [2.24, 2.45) is 5.92 Å². The number of rotatable bonds is 3. The largest absolute Gasteiger partial charge is 0.375 e. The molecule has 1 saturated carbocycles. The van der Waals surface area contributed by atoms with Crippen molar-refractivity contribution in [3.05, 3.63) is 12.2 Å². The Balaban J connectivity index is 2.46. The molecule has 2 heteroatoms. The van der Waals surface area contributed by atoms with Gasteiger partial charge in [-0.05, 0) is 12.5 Å². The second-order valence-corrected chi connectivity index (χ2v) is 2.94. The van der Waals surface area contributed by atoms with Crippen LogP contribution < -0.4 is 0 Å². The van der Waals surface area contributed by atoms with E-state index in [0.717, 1.165) is 12.2 Å². The fourth-order valence-electron chi connectivity index (χ4n) is 1.53. The van der Waals surface area contributed by atoms with Crippen molar-refractivity contribution < 1.29 is 9.47 Å². The molecule has 1 fully saturated rings. The lowest BCUT2D eigenvalue weighted by Gasteiger charge is -2.43. The predicted molar refractivity (Wildman–Crippen MR) is 44.5 cm³/mol. The molecule has 0 aromatic rings. The van der Waals surface area contributed by atoms with Crippen molar-refractivity contribution in [1.29, 1.82) is 0 Å². The van der Waals surface area contributed by atoms with E-state index < -0.39 is 0 Å². The van der Waals surface area contributed by atoms with Crippen LogP contribution in [0.15, 0.2) is 12.2 Å². The Morgan fingerprint density at radius 3 is 2.64 bits per heavy atom. The SMILES string of the molecule is CCO[C@H]1[C@H](C)C(=[13CH2])[C@@H]1OC. The molecule has 0 N–H and O–H groups in total. The van der Waals surface area contributed by atoms with Gasteiger partial charge in [0.15, 0.2) is 0 Å². The third-order valence-corrected chi connectivity index (χ3v) is 2.35. The van der Waals surface area contributed by atoms with Crippen molar-refractivity contribution in [1.82, 2.24) is 0 Å². The first-order valence-electron chi connectivity index (χ1n) is 4.05. The molecule has 0 aromatic carbocycles. The van der Waals surface area contributed by atoms with Gasteiger partial charge in [0.25, 0.3) is 0 Å². The van der Waals surface area contributed by atoms with Crippen LogP contribution in [-0.4, -0.2) is 25.9 Å². The fourth-order valence-corrected chi connectivity index (χ4v) is 1.53. The molecule has 0 bridgehead atoms. The van der Waals surface area contributed by atoms with Gasteiger partial charge in [0.05, 0.1) is 6.10 Å². The quantitative estimate of drug-likeness (QED) is 0.457. The topological polar surface area (TPSA) is 18.5 Å². The molecule has 0 aromatic heterocycles. The van der Waals surface area contributed by atoms with Crippen LogP contribution in [0.5, 0.6) is 0 Å². The maximum absolute atomic E-state index is 5.48. The molecule has 0 heterocycles. The lowest BCUT2D eigenvalue weighted by molar-refractivity contribution is -0.101. The summed E-state index contributed by atoms with van der Waals surface area (Å²) in [5, 5.41) is 0. The average Bonchev–Trinajstić information content (AvgIpc) is 2.04. The summed E-state index contributed by atoms with van der Waals surface area (Å²) in [5.41, 5.74) is 1.16. The number of hydrogen-bond acceptors (Lipinski definition) is 2. The Morgan fingerprint density at radius 2 is 2.18 bits per heavy atom. The Hall–Kier alpha value is -0.340. The van der Waals surface area contributed by atoms with Gasteiger partial charge in [-0.2, -0.15) is 0 Å². The van der Waals surface area contributed by atoms with Gasteiger partial charge in [-0.25, -0.2) is 0 Å². The van der Waals surface area contributed by atoms with E-state index in [2.05, 4.69) is 13.5 Å². The molecular weight excluding hydrogens is 141 g/mol. The molecule has 0 radical (unpaired) electrons. The second-order valence-electron chi connectivity index (χ2n) is 2.94. The molecule has 1 aliphatic carbocycles. The molecule has 0 aliphatic heterocycles. The maximum Gasteiger partial charge on any atom is 0.105 e. The predicted octanol–water partition coefficient (Wildman–Crippen LogP) is 1.61. The van der Waals surface area contributed by atoms with Crippen LogP contribution >= 0.6 is 0 Å². The van der Waals surface area contributed by atoms with E-state index in [9.17, 15) is 0 Å². The molecule has 0 saturated heterocycles. The van der Waals surface area contributed by atoms with Crippen LogP contribution in [0.25, 0.3) is 0 Å². The van der Waals surface area contributed by atoms with E-state index in [-0.39, 0.29) is 12.2 Å². The smallest absolute Gasteiger partial charge is 0.105 e. The zero-order valence-electron chi connectivity index (χ0n) is 7.46. The van der Waals surface area contributed by atoms with Gasteiger partial charge < -0.3 is 9.47 Å². The lowest BCUT2D eigenvalue weighted by atomic mass is 9.77. The molecule has 0 unspecified atom stereocenters. The number of ether oxygens (including phenoxy) is 2. The minimum atomic E-state index is 0.130. The molecule has 0 amide bonds. The summed E-state index contributed by atoms with van der Waals surface area (Å²) < 4.78 is 10.7. The molecule has 64 valence electrons. The molecule has 11 heavy (non-hydrogen) atoms. The van der Waals surface area contributed by atoms with E-state index in [1.807, 2.05) is 6.92 Å². The monoisotopic (exact) mass is 157 g/mol. The van der Waals surface area contributed by atoms with Crippen molar-refractivity contribution in [2.45, 2.75) is 26.1 Å². The molecular formula is C9H16O2. The first kappa shape index (κ1) is 8.75. The van der Waals surface area contributed by atoms with Crippen molar-refractivity contribution in [3.63, 3.8) is 0 Å². The number of methoxy groups -OCH3 is 1. The third kappa shape index (κ3) is 1.33. The molecule has 0 spiro atoms. The number of hydrogen-bond donors (Lipinski definition) is 0. The third-order valence-electron chi connectivity index (χ3n) is 2.35. The van der Waals surface area contributed by atoms with Crippen molar-refractivity contribution >= 4 is 0 Å². The van der Waals surface area contributed by atoms with E-state index in [1.165, 1.54) is 0 Å². The zero-order chi connectivity index (χ0) is 8.43. The standard InChI is InChI=1S/C9H16O2/c1-5-11-9-7(3)6(2)8(9)10-4/h7-9H,2,5H2,1,3-4H3/t7-,8+,9+/m1/s1/i2+1. The van der Waals surface area contributed by atoms with Gasteiger partial charge in [0.2, 0.25) is 0 Å². The normalized spacial score (nSPS) is 37.0. The summed E-state index contributed by atoms with van der Waals surface area (Å²) in [4.78, 5) is 0. The Bertz CT molecular complexity index is 154. The van der Waals surface area contributed by atoms with Gasteiger partial charge in [0, 0.05) is 19.6 Å². The lowest BCUT2D eigenvalue weighted by Crippen LogP contribution is -2.50. The van der Waals surface area contributed by atoms with Crippen LogP contribution in [0.1, 0.15) is 13.8 Å². The van der Waals surface area contributed by atoms with E-state index in [1.54, 1.807) is 7.11 Å². The fraction of sp³-hybridized carbons (Fsp3) is 0.778. The van der Waals surface area contributed by atoms with Crippen LogP contribution in [0.3, 0.4) is 0 Å². The van der Waals surface area contributed by atoms with Crippen molar-refractivity contribution in [2.75, 3.05) is 13.7 Å². The minimum Gasteiger partial charge on any atom is -0.375 e. The summed E-state index contributed by atoms with van der Waals surface area (Å²) in [6.07, 6.45) is 0.363. The van der Waals surface area contributed by atoms with Gasteiger partial charge >= 0.3 is 0 Å². The second kappa shape index (κ2) is 3.37. The highest BCUT2D eigenvalue weighted by atomic mass is 16.5. The van der Waals surface area contributed by atoms with E-state index in [0.29, 0.717) is 5.92 Å². The zero-order valence-corrected chi connectivity index (χ0v) is 7.46. The summed E-state index contributed by atoms with van der Waals surface area (Å²) in [6, 6.07) is 0. The van der Waals surface area contributed by atoms with E-state index in [4.69, 9.17) is 9.47 Å².